The lowest BCUT2D eigenvalue weighted by Crippen LogP contribution is -1.92. The van der Waals surface area contributed by atoms with Gasteiger partial charge in [-0.1, -0.05) is 0 Å². The Kier molecular flexibility index (Phi) is 2.82. The van der Waals surface area contributed by atoms with E-state index in [1.807, 2.05) is 18.2 Å². The third kappa shape index (κ3) is 2.13. The maximum Gasteiger partial charge on any atom is 0.243 e. The number of allylic oxidation sites excluding steroid dienone is 1. The van der Waals surface area contributed by atoms with Gasteiger partial charge in [0.25, 0.3) is 0 Å². The molecule has 1 aromatic heterocycles. The zero-order valence-electron chi connectivity index (χ0n) is 9.56. The van der Waals surface area contributed by atoms with Crippen molar-refractivity contribution in [1.29, 1.82) is 0 Å². The number of rotatable bonds is 3. The van der Waals surface area contributed by atoms with Crippen molar-refractivity contribution < 1.29 is 9.66 Å². The van der Waals surface area contributed by atoms with Crippen molar-refractivity contribution in [3.05, 3.63) is 45.8 Å². The highest BCUT2D eigenvalue weighted by Crippen LogP contribution is 2.25. The molecule has 1 heterocycles. The van der Waals surface area contributed by atoms with E-state index < -0.39 is 4.92 Å². The largest absolute Gasteiger partial charge is 0.497 e. The topological polar surface area (TPSA) is 68.2 Å². The van der Waals surface area contributed by atoms with Crippen LogP contribution in [0.25, 0.3) is 17.0 Å². The molecular weight excluding hydrogens is 220 g/mol. The molecule has 0 atom stereocenters. The van der Waals surface area contributed by atoms with Crippen molar-refractivity contribution in [1.82, 2.24) is 4.98 Å². The number of methoxy groups -OCH3 is 1. The third-order valence-corrected chi connectivity index (χ3v) is 2.57. The standard InChI is InChI=1S/C12H12N2O3/c1-8(14(15)16)5-9-7-13-12-4-3-10(17-2)6-11(9)12/h3-7,13H,1-2H3. The number of fused-ring (bicyclic) bond motifs is 1. The summed E-state index contributed by atoms with van der Waals surface area (Å²) in [4.78, 5) is 13.2. The maximum absolute atomic E-state index is 10.6. The van der Waals surface area contributed by atoms with Gasteiger partial charge in [0.1, 0.15) is 5.75 Å². The molecule has 0 aliphatic rings. The number of nitrogens with one attached hydrogen (secondary N) is 1. The van der Waals surface area contributed by atoms with Crippen LogP contribution in [0.15, 0.2) is 30.1 Å². The molecule has 0 saturated heterocycles. The van der Waals surface area contributed by atoms with Crippen LogP contribution in [0.3, 0.4) is 0 Å². The molecule has 1 aromatic carbocycles. The first-order valence-electron chi connectivity index (χ1n) is 5.09. The Morgan fingerprint density at radius 3 is 2.94 bits per heavy atom. The summed E-state index contributed by atoms with van der Waals surface area (Å²) in [5.41, 5.74) is 1.81. The van der Waals surface area contributed by atoms with Crippen LogP contribution in [0.4, 0.5) is 0 Å². The Hall–Kier alpha value is -2.30. The number of aromatic nitrogens is 1. The maximum atomic E-state index is 10.6. The Morgan fingerprint density at radius 2 is 2.29 bits per heavy atom. The molecule has 1 N–H and O–H groups in total. The number of hydrogen-bond acceptors (Lipinski definition) is 3. The van der Waals surface area contributed by atoms with Crippen molar-refractivity contribution in [2.75, 3.05) is 7.11 Å². The molecule has 0 aliphatic heterocycles. The molecule has 5 nitrogen and oxygen atoms in total. The fraction of sp³-hybridized carbons (Fsp3) is 0.167. The van der Waals surface area contributed by atoms with E-state index in [1.165, 1.54) is 13.0 Å². The summed E-state index contributed by atoms with van der Waals surface area (Å²) < 4.78 is 5.13. The molecule has 0 amide bonds. The molecule has 17 heavy (non-hydrogen) atoms. The first-order chi connectivity index (χ1) is 8.11. The minimum Gasteiger partial charge on any atom is -0.497 e. The number of nitrogens with zero attached hydrogens (tertiary/aromatic N) is 1. The molecule has 0 aliphatic carbocycles. The average Bonchev–Trinajstić information content (AvgIpc) is 2.71. The summed E-state index contributed by atoms with van der Waals surface area (Å²) in [6, 6.07) is 5.57. The summed E-state index contributed by atoms with van der Waals surface area (Å²) in [6.07, 6.45) is 3.29. The monoisotopic (exact) mass is 232 g/mol. The fourth-order valence-electron chi connectivity index (χ4n) is 1.65. The highest BCUT2D eigenvalue weighted by atomic mass is 16.6. The number of ether oxygens (including phenoxy) is 1. The lowest BCUT2D eigenvalue weighted by molar-refractivity contribution is -0.422. The Labute approximate surface area is 97.9 Å². The average molecular weight is 232 g/mol. The minimum atomic E-state index is -0.404. The summed E-state index contributed by atoms with van der Waals surface area (Å²) in [5.74, 6) is 0.727. The second-order valence-corrected chi connectivity index (χ2v) is 3.70. The van der Waals surface area contributed by atoms with E-state index >= 15 is 0 Å². The predicted octanol–water partition coefficient (Wildman–Crippen LogP) is 2.81. The molecule has 2 aromatic rings. The van der Waals surface area contributed by atoms with E-state index in [0.717, 1.165) is 22.2 Å². The summed E-state index contributed by atoms with van der Waals surface area (Å²) >= 11 is 0. The lowest BCUT2D eigenvalue weighted by atomic mass is 10.1. The van der Waals surface area contributed by atoms with Crippen LogP contribution in [-0.4, -0.2) is 17.0 Å². The van der Waals surface area contributed by atoms with Gasteiger partial charge in [-0.2, -0.15) is 0 Å². The number of benzene rings is 1. The minimum absolute atomic E-state index is 0.105. The smallest absolute Gasteiger partial charge is 0.243 e. The highest BCUT2D eigenvalue weighted by Gasteiger charge is 2.07. The van der Waals surface area contributed by atoms with E-state index in [4.69, 9.17) is 4.74 Å². The van der Waals surface area contributed by atoms with E-state index in [1.54, 1.807) is 13.3 Å². The van der Waals surface area contributed by atoms with Gasteiger partial charge >= 0.3 is 0 Å². The van der Waals surface area contributed by atoms with Crippen molar-refractivity contribution in [3.8, 4) is 5.75 Å². The van der Waals surface area contributed by atoms with E-state index in [-0.39, 0.29) is 5.70 Å². The molecule has 2 rings (SSSR count). The van der Waals surface area contributed by atoms with Crippen molar-refractivity contribution in [2.45, 2.75) is 6.92 Å². The highest BCUT2D eigenvalue weighted by molar-refractivity contribution is 5.90. The Bertz CT molecular complexity index is 599. The molecule has 0 fully saturated rings. The second kappa shape index (κ2) is 4.29. The van der Waals surface area contributed by atoms with Crippen molar-refractivity contribution in [2.24, 2.45) is 0 Å². The molecular formula is C12H12N2O3. The molecule has 0 saturated carbocycles. The zero-order chi connectivity index (χ0) is 12.4. The van der Waals surface area contributed by atoms with Gasteiger partial charge in [-0.05, 0) is 18.2 Å². The van der Waals surface area contributed by atoms with Crippen LogP contribution in [-0.2, 0) is 0 Å². The van der Waals surface area contributed by atoms with Gasteiger partial charge in [0.05, 0.1) is 12.0 Å². The molecule has 5 heteroatoms. The summed E-state index contributed by atoms with van der Waals surface area (Å²) in [7, 11) is 1.59. The van der Waals surface area contributed by atoms with Crippen molar-refractivity contribution in [3.63, 3.8) is 0 Å². The molecule has 0 bridgehead atoms. The van der Waals surface area contributed by atoms with E-state index in [2.05, 4.69) is 4.98 Å². The lowest BCUT2D eigenvalue weighted by Gasteiger charge is -1.99. The second-order valence-electron chi connectivity index (χ2n) is 3.70. The van der Waals surface area contributed by atoms with Gasteiger partial charge in [0.15, 0.2) is 0 Å². The molecule has 0 spiro atoms. The molecule has 0 unspecified atom stereocenters. The van der Waals surface area contributed by atoms with Crippen LogP contribution in [0.2, 0.25) is 0 Å². The summed E-state index contributed by atoms with van der Waals surface area (Å²) in [6.45, 7) is 1.47. The van der Waals surface area contributed by atoms with Crippen LogP contribution in [0.1, 0.15) is 12.5 Å². The Balaban J connectivity index is 2.55. The van der Waals surface area contributed by atoms with Crippen molar-refractivity contribution >= 4 is 17.0 Å². The SMILES string of the molecule is COc1ccc2[nH]cc(C=C(C)[N+](=O)[O-])c2c1. The number of hydrogen-bond donors (Lipinski definition) is 1. The first kappa shape index (κ1) is 11.2. The normalized spacial score (nSPS) is 11.8. The number of nitro groups is 1. The van der Waals surface area contributed by atoms with Gasteiger partial charge in [-0.25, -0.2) is 0 Å². The zero-order valence-corrected chi connectivity index (χ0v) is 9.56. The van der Waals surface area contributed by atoms with Crippen LogP contribution in [0.5, 0.6) is 5.75 Å². The number of aromatic amines is 1. The van der Waals surface area contributed by atoms with E-state index in [0.29, 0.717) is 0 Å². The summed E-state index contributed by atoms with van der Waals surface area (Å²) in [5, 5.41) is 11.5. The quantitative estimate of drug-likeness (QED) is 0.653. The Morgan fingerprint density at radius 1 is 1.53 bits per heavy atom. The van der Waals surface area contributed by atoms with Crippen LogP contribution >= 0.6 is 0 Å². The third-order valence-electron chi connectivity index (χ3n) is 2.57. The number of H-pyrrole nitrogens is 1. The van der Waals surface area contributed by atoms with Crippen LogP contribution in [0, 0.1) is 10.1 Å². The molecule has 0 radical (unpaired) electrons. The first-order valence-corrected chi connectivity index (χ1v) is 5.09. The van der Waals surface area contributed by atoms with Gasteiger partial charge < -0.3 is 9.72 Å². The molecule has 88 valence electrons. The van der Waals surface area contributed by atoms with Gasteiger partial charge in [-0.15, -0.1) is 0 Å². The van der Waals surface area contributed by atoms with Gasteiger partial charge in [-0.3, -0.25) is 10.1 Å². The van der Waals surface area contributed by atoms with Gasteiger partial charge in [0, 0.05) is 35.7 Å². The van der Waals surface area contributed by atoms with E-state index in [9.17, 15) is 10.1 Å². The predicted molar refractivity (Wildman–Crippen MR) is 65.5 cm³/mol. The van der Waals surface area contributed by atoms with Gasteiger partial charge in [0.2, 0.25) is 5.70 Å². The van der Waals surface area contributed by atoms with Crippen LogP contribution < -0.4 is 4.74 Å². The fourth-order valence-corrected chi connectivity index (χ4v) is 1.65.